The van der Waals surface area contributed by atoms with Gasteiger partial charge in [0.1, 0.15) is 12.1 Å². The Bertz CT molecular complexity index is 1090. The van der Waals surface area contributed by atoms with Gasteiger partial charge >= 0.3 is 6.03 Å². The van der Waals surface area contributed by atoms with E-state index in [9.17, 15) is 28.2 Å². The molecular weight excluding hydrogens is 582 g/mol. The van der Waals surface area contributed by atoms with E-state index in [2.05, 4.69) is 16.0 Å². The Morgan fingerprint density at radius 3 is 2.00 bits per heavy atom. The van der Waals surface area contributed by atoms with Gasteiger partial charge in [-0.3, -0.25) is 23.4 Å². The number of primary amides is 1. The first-order chi connectivity index (χ1) is 20.5. The Balaban J connectivity index is 1.73. The Morgan fingerprint density at radius 1 is 0.841 bits per heavy atom. The lowest BCUT2D eigenvalue weighted by molar-refractivity contribution is -0.143. The van der Waals surface area contributed by atoms with Gasteiger partial charge in [0.2, 0.25) is 17.6 Å². The summed E-state index contributed by atoms with van der Waals surface area (Å²) in [7, 11) is -1.16. The highest BCUT2D eigenvalue weighted by Crippen LogP contribution is 2.32. The zero-order valence-corrected chi connectivity index (χ0v) is 28.4. The minimum absolute atomic E-state index is 0.215. The molecule has 5 N–H and O–H groups in total. The number of nitrogens with one attached hydrogen (secondary N) is 3. The van der Waals surface area contributed by atoms with Crippen LogP contribution >= 0.6 is 0 Å². The van der Waals surface area contributed by atoms with Crippen LogP contribution in [-0.4, -0.2) is 79.9 Å². The van der Waals surface area contributed by atoms with Crippen molar-refractivity contribution in [3.8, 4) is 0 Å². The highest BCUT2D eigenvalue weighted by atomic mass is 32.2. The highest BCUT2D eigenvalue weighted by molar-refractivity contribution is 7.86. The molecule has 2 saturated carbocycles. The van der Waals surface area contributed by atoms with Crippen molar-refractivity contribution in [2.24, 2.45) is 23.0 Å². The minimum atomic E-state index is -1.16. The quantitative estimate of drug-likeness (QED) is 0.240. The maximum absolute atomic E-state index is 14.0. The Kier molecular flexibility index (Phi) is 12.4. The lowest BCUT2D eigenvalue weighted by Crippen LogP contribution is -2.61. The predicted octanol–water partition coefficient (Wildman–Crippen LogP) is 2.92. The highest BCUT2D eigenvalue weighted by Gasteiger charge is 2.43. The van der Waals surface area contributed by atoms with Gasteiger partial charge in [-0.15, -0.1) is 0 Å². The summed E-state index contributed by atoms with van der Waals surface area (Å²) < 4.78 is 12.7. The van der Waals surface area contributed by atoms with E-state index in [0.29, 0.717) is 31.6 Å². The molecule has 3 rings (SSSR count). The molecule has 1 saturated heterocycles. The molecule has 12 heteroatoms. The van der Waals surface area contributed by atoms with Gasteiger partial charge in [0.15, 0.2) is 0 Å². The lowest BCUT2D eigenvalue weighted by atomic mass is 9.80. The molecule has 1 aliphatic heterocycles. The van der Waals surface area contributed by atoms with E-state index in [1.54, 1.807) is 0 Å². The number of likely N-dealkylation sites (tertiary alicyclic amines) is 1. The van der Waals surface area contributed by atoms with E-state index in [-0.39, 0.29) is 23.8 Å². The minimum Gasteiger partial charge on any atom is -0.363 e. The third kappa shape index (κ3) is 9.75. The summed E-state index contributed by atoms with van der Waals surface area (Å²) in [5, 5.41) is 8.70. The normalized spacial score (nSPS) is 22.7. The molecular formula is C32H55N5O6S. The monoisotopic (exact) mass is 637 g/mol. The summed E-state index contributed by atoms with van der Waals surface area (Å²) in [6.45, 7) is 11.7. The van der Waals surface area contributed by atoms with Gasteiger partial charge in [0.05, 0.1) is 6.04 Å². The van der Waals surface area contributed by atoms with Crippen molar-refractivity contribution in [1.82, 2.24) is 20.9 Å². The number of hydrogen-bond donors (Lipinski definition) is 4. The molecule has 0 aromatic carbocycles. The lowest BCUT2D eigenvalue weighted by Gasteiger charge is -2.37. The van der Waals surface area contributed by atoms with Crippen molar-refractivity contribution in [1.29, 1.82) is 0 Å². The third-order valence-corrected chi connectivity index (χ3v) is 11.5. The molecule has 3 aliphatic rings. The molecule has 11 nitrogen and oxygen atoms in total. The van der Waals surface area contributed by atoms with Crippen LogP contribution in [0, 0.1) is 17.3 Å². The van der Waals surface area contributed by atoms with Crippen LogP contribution in [0.3, 0.4) is 0 Å². The molecule has 0 aromatic heterocycles. The Morgan fingerprint density at radius 2 is 1.48 bits per heavy atom. The average molecular weight is 638 g/mol. The van der Waals surface area contributed by atoms with E-state index in [4.69, 9.17) is 5.73 Å². The number of nitrogens with two attached hydrogens (primary N) is 1. The summed E-state index contributed by atoms with van der Waals surface area (Å²) in [5.74, 6) is -1.98. The SMILES string of the molecule is CC(C)(C)C(NC(=O)NC(CS(=O)C(C)(C)C)C1CCCCC1)C(=O)N1CCCC1C(=O)NC(CC1CCC1)C(=O)C(N)=O. The zero-order valence-electron chi connectivity index (χ0n) is 27.5. The summed E-state index contributed by atoms with van der Waals surface area (Å²) in [4.78, 5) is 66.6. The smallest absolute Gasteiger partial charge is 0.315 e. The number of hydrogen-bond acceptors (Lipinski definition) is 6. The van der Waals surface area contributed by atoms with Crippen LogP contribution < -0.4 is 21.7 Å². The van der Waals surface area contributed by atoms with Crippen molar-refractivity contribution >= 4 is 40.3 Å². The van der Waals surface area contributed by atoms with Crippen LogP contribution in [0.2, 0.25) is 0 Å². The van der Waals surface area contributed by atoms with Crippen LogP contribution in [0.4, 0.5) is 4.79 Å². The van der Waals surface area contributed by atoms with Crippen LogP contribution in [0.1, 0.15) is 112 Å². The van der Waals surface area contributed by atoms with Gasteiger partial charge in [0.25, 0.3) is 5.91 Å². The van der Waals surface area contributed by atoms with Crippen molar-refractivity contribution in [2.75, 3.05) is 12.3 Å². The van der Waals surface area contributed by atoms with Gasteiger partial charge in [-0.05, 0) is 70.1 Å². The number of amides is 5. The van der Waals surface area contributed by atoms with Crippen molar-refractivity contribution in [2.45, 2.75) is 141 Å². The summed E-state index contributed by atoms with van der Waals surface area (Å²) >= 11 is 0. The van der Waals surface area contributed by atoms with Crippen molar-refractivity contribution < 1.29 is 28.2 Å². The molecule has 250 valence electrons. The second-order valence-corrected chi connectivity index (χ2v) is 17.3. The Labute approximate surface area is 265 Å². The molecule has 0 radical (unpaired) electrons. The van der Waals surface area contributed by atoms with E-state index >= 15 is 0 Å². The topological polar surface area (TPSA) is 168 Å². The number of rotatable bonds is 12. The first kappa shape index (κ1) is 36.0. The average Bonchev–Trinajstić information content (AvgIpc) is 3.41. The second kappa shape index (κ2) is 15.2. The maximum Gasteiger partial charge on any atom is 0.315 e. The molecule has 44 heavy (non-hydrogen) atoms. The fourth-order valence-corrected chi connectivity index (χ4v) is 7.62. The summed E-state index contributed by atoms with van der Waals surface area (Å²) in [5.41, 5.74) is 4.59. The largest absolute Gasteiger partial charge is 0.363 e. The van der Waals surface area contributed by atoms with Gasteiger partial charge in [-0.25, -0.2) is 4.79 Å². The second-order valence-electron chi connectivity index (χ2n) is 15.1. The van der Waals surface area contributed by atoms with Crippen LogP contribution in [0.5, 0.6) is 0 Å². The third-order valence-electron chi connectivity index (χ3n) is 9.45. The number of carbonyl (C=O) groups excluding carboxylic acids is 5. The molecule has 5 atom stereocenters. The van der Waals surface area contributed by atoms with Gasteiger partial charge in [0, 0.05) is 33.9 Å². The molecule has 0 aromatic rings. The fraction of sp³-hybridized carbons (Fsp3) is 0.844. The zero-order chi connectivity index (χ0) is 32.8. The number of urea groups is 1. The summed E-state index contributed by atoms with van der Waals surface area (Å²) in [6.07, 6.45) is 9.46. The van der Waals surface area contributed by atoms with E-state index in [1.807, 2.05) is 41.5 Å². The van der Waals surface area contributed by atoms with Gasteiger partial charge in [-0.2, -0.15) is 0 Å². The number of ketones is 1. The van der Waals surface area contributed by atoms with Gasteiger partial charge in [-0.1, -0.05) is 59.3 Å². The molecule has 5 amide bonds. The van der Waals surface area contributed by atoms with Crippen LogP contribution in [0.25, 0.3) is 0 Å². The van der Waals surface area contributed by atoms with Gasteiger partial charge < -0.3 is 26.6 Å². The van der Waals surface area contributed by atoms with E-state index in [0.717, 1.165) is 51.4 Å². The molecule has 3 fully saturated rings. The standard InChI is InChI=1S/C32H55N5O6S/c1-31(2,3)26(36-30(42)35-23(19-44(43)32(4,5)6)21-14-8-7-9-15-21)29(41)37-17-11-16-24(37)28(40)34-22(25(38)27(33)39)18-20-12-10-13-20/h20-24,26H,7-19H2,1-6H3,(H2,33,39)(H,34,40)(H2,35,36,42). The molecule has 0 bridgehead atoms. The van der Waals surface area contributed by atoms with E-state index < -0.39 is 62.7 Å². The first-order valence-electron chi connectivity index (χ1n) is 16.4. The Hall–Kier alpha value is -2.50. The number of carbonyl (C=O) groups is 5. The van der Waals surface area contributed by atoms with Crippen LogP contribution in [0.15, 0.2) is 0 Å². The summed E-state index contributed by atoms with van der Waals surface area (Å²) in [6, 6.07) is -3.56. The molecule has 1 heterocycles. The van der Waals surface area contributed by atoms with Crippen LogP contribution in [-0.2, 0) is 30.0 Å². The maximum atomic E-state index is 14.0. The van der Waals surface area contributed by atoms with Crippen molar-refractivity contribution in [3.05, 3.63) is 0 Å². The fourth-order valence-electron chi connectivity index (χ4n) is 6.44. The van der Waals surface area contributed by atoms with Crippen molar-refractivity contribution in [3.63, 3.8) is 0 Å². The number of nitrogens with zero attached hydrogens (tertiary/aromatic N) is 1. The predicted molar refractivity (Wildman–Crippen MR) is 171 cm³/mol. The first-order valence-corrected chi connectivity index (χ1v) is 17.7. The molecule has 0 spiro atoms. The van der Waals surface area contributed by atoms with E-state index in [1.165, 1.54) is 4.90 Å². The number of Topliss-reactive ketones (excluding diaryl/α,β-unsaturated/α-hetero) is 1. The molecule has 2 aliphatic carbocycles. The molecule has 5 unspecified atom stereocenters.